The average molecular weight is 471 g/mol. The van der Waals surface area contributed by atoms with Gasteiger partial charge in [0.05, 0.1) is 28.2 Å². The summed E-state index contributed by atoms with van der Waals surface area (Å²) in [5.41, 5.74) is 11.6. The molecule has 0 amide bonds. The number of hydrogen-bond acceptors (Lipinski definition) is 0. The highest BCUT2D eigenvalue weighted by molar-refractivity contribution is 6.01. The molecule has 36 heavy (non-hydrogen) atoms. The molecule has 2 heterocycles. The molecule has 2 aliphatic heterocycles. The summed E-state index contributed by atoms with van der Waals surface area (Å²) in [6.45, 7) is 4.37. The lowest BCUT2D eigenvalue weighted by Crippen LogP contribution is -2.32. The monoisotopic (exact) mass is 470 g/mol. The molecule has 0 unspecified atom stereocenters. The van der Waals surface area contributed by atoms with E-state index in [9.17, 15) is 0 Å². The van der Waals surface area contributed by atoms with Gasteiger partial charge in [-0.2, -0.15) is 0 Å². The van der Waals surface area contributed by atoms with Crippen LogP contribution in [0.2, 0.25) is 0 Å². The molecule has 0 radical (unpaired) electrons. The van der Waals surface area contributed by atoms with E-state index < -0.39 is 0 Å². The van der Waals surface area contributed by atoms with Crippen molar-refractivity contribution >= 4 is 21.5 Å². The van der Waals surface area contributed by atoms with Gasteiger partial charge in [-0.15, -0.1) is 0 Å². The van der Waals surface area contributed by atoms with E-state index in [-0.39, 0.29) is 0 Å². The molecule has 0 bridgehead atoms. The fourth-order valence-electron chi connectivity index (χ4n) is 6.89. The lowest BCUT2D eigenvalue weighted by molar-refractivity contribution is -0.909. The maximum atomic E-state index is 2.43. The molecule has 178 valence electrons. The molecule has 2 nitrogen and oxygen atoms in total. The molecule has 0 aliphatic carbocycles. The van der Waals surface area contributed by atoms with Crippen LogP contribution in [-0.4, -0.2) is 37.2 Å². The molecule has 0 spiro atoms. The number of rotatable bonds is 2. The number of fused-ring (bicyclic) bond motifs is 4. The minimum Gasteiger partial charge on any atom is -0.321 e. The predicted molar refractivity (Wildman–Crippen MR) is 151 cm³/mol. The highest BCUT2D eigenvalue weighted by Gasteiger charge is 2.33. The van der Waals surface area contributed by atoms with E-state index in [2.05, 4.69) is 113 Å². The lowest BCUT2D eigenvalue weighted by Gasteiger charge is -2.23. The van der Waals surface area contributed by atoms with E-state index in [0.29, 0.717) is 0 Å². The molecule has 2 heteroatoms. The SMILES string of the molecule is C[N+]1(C)Cc2cc3ccccc3c(-c3ccc(-c4c5c(cc6ccccc46)C[N+](C)(C)C5)cc3)c2C1. The fraction of sp³-hybridized carbons (Fsp3) is 0.235. The van der Waals surface area contributed by atoms with E-state index in [4.69, 9.17) is 0 Å². The third kappa shape index (κ3) is 3.40. The largest absolute Gasteiger partial charge is 0.321 e. The van der Waals surface area contributed by atoms with E-state index in [1.165, 1.54) is 66.1 Å². The van der Waals surface area contributed by atoms with Gasteiger partial charge in [0.25, 0.3) is 0 Å². The fourth-order valence-corrected chi connectivity index (χ4v) is 6.89. The minimum absolute atomic E-state index is 1.02. The average Bonchev–Trinajstić information content (AvgIpc) is 3.33. The number of benzene rings is 5. The van der Waals surface area contributed by atoms with E-state index in [1.54, 1.807) is 0 Å². The molecule has 0 fully saturated rings. The summed E-state index contributed by atoms with van der Waals surface area (Å²) in [6.07, 6.45) is 0. The molecule has 0 saturated carbocycles. The maximum Gasteiger partial charge on any atom is 0.105 e. The number of hydrogen-bond donors (Lipinski definition) is 0. The highest BCUT2D eigenvalue weighted by Crippen LogP contribution is 2.43. The highest BCUT2D eigenvalue weighted by atomic mass is 15.3. The number of quaternary nitrogens is 2. The quantitative estimate of drug-likeness (QED) is 0.234. The topological polar surface area (TPSA) is 0 Å². The molecule has 2 aliphatic rings. The summed E-state index contributed by atoms with van der Waals surface area (Å²) >= 11 is 0. The van der Waals surface area contributed by atoms with Crippen LogP contribution < -0.4 is 0 Å². The number of nitrogens with zero attached hydrogens (tertiary/aromatic N) is 2. The first-order valence-electron chi connectivity index (χ1n) is 13.1. The molecule has 0 aromatic heterocycles. The van der Waals surface area contributed by atoms with E-state index in [0.717, 1.165) is 35.1 Å². The second-order valence-electron chi connectivity index (χ2n) is 12.3. The van der Waals surface area contributed by atoms with Crippen molar-refractivity contribution in [3.63, 3.8) is 0 Å². The summed E-state index contributed by atoms with van der Waals surface area (Å²) in [5.74, 6) is 0. The van der Waals surface area contributed by atoms with Crippen molar-refractivity contribution in [2.45, 2.75) is 26.2 Å². The van der Waals surface area contributed by atoms with Crippen molar-refractivity contribution in [3.05, 3.63) is 107 Å². The van der Waals surface area contributed by atoms with Gasteiger partial charge in [-0.3, -0.25) is 0 Å². The predicted octanol–water partition coefficient (Wildman–Crippen LogP) is 7.51. The molecule has 5 aromatic carbocycles. The van der Waals surface area contributed by atoms with Crippen LogP contribution in [0.4, 0.5) is 0 Å². The molecular formula is C34H34N2+2. The van der Waals surface area contributed by atoms with Crippen molar-refractivity contribution in [1.29, 1.82) is 0 Å². The Labute approximate surface area is 214 Å². The van der Waals surface area contributed by atoms with E-state index >= 15 is 0 Å². The minimum atomic E-state index is 1.02. The van der Waals surface area contributed by atoms with Gasteiger partial charge in [-0.25, -0.2) is 0 Å². The summed E-state index contributed by atoms with van der Waals surface area (Å²) in [5, 5.41) is 5.44. The van der Waals surface area contributed by atoms with Gasteiger partial charge >= 0.3 is 0 Å². The van der Waals surface area contributed by atoms with Gasteiger partial charge in [0.2, 0.25) is 0 Å². The van der Waals surface area contributed by atoms with Crippen LogP contribution in [0.25, 0.3) is 43.8 Å². The Morgan fingerprint density at radius 1 is 0.472 bits per heavy atom. The zero-order valence-corrected chi connectivity index (χ0v) is 21.8. The summed E-state index contributed by atoms with van der Waals surface area (Å²) in [7, 11) is 9.38. The molecule has 5 aromatic rings. The molecule has 0 saturated heterocycles. The Bertz CT molecular complexity index is 1550. The van der Waals surface area contributed by atoms with Crippen LogP contribution >= 0.6 is 0 Å². The molecular weight excluding hydrogens is 436 g/mol. The molecule has 0 atom stereocenters. The van der Waals surface area contributed by atoms with Crippen LogP contribution in [0.3, 0.4) is 0 Å². The summed E-state index contributed by atoms with van der Waals surface area (Å²) < 4.78 is 2.04. The van der Waals surface area contributed by atoms with Crippen LogP contribution in [0.5, 0.6) is 0 Å². The second kappa shape index (κ2) is 7.52. The zero-order chi connectivity index (χ0) is 24.7. The lowest BCUT2D eigenvalue weighted by atomic mass is 9.88. The van der Waals surface area contributed by atoms with Gasteiger partial charge in [0, 0.05) is 22.3 Å². The molecule has 0 N–H and O–H groups in total. The van der Waals surface area contributed by atoms with Gasteiger partial charge in [0.15, 0.2) is 0 Å². The van der Waals surface area contributed by atoms with E-state index in [1.807, 2.05) is 0 Å². The van der Waals surface area contributed by atoms with Crippen LogP contribution in [0.1, 0.15) is 22.3 Å². The zero-order valence-electron chi connectivity index (χ0n) is 21.8. The van der Waals surface area contributed by atoms with Crippen molar-refractivity contribution in [3.8, 4) is 22.3 Å². The van der Waals surface area contributed by atoms with Crippen LogP contribution in [0.15, 0.2) is 84.9 Å². The van der Waals surface area contributed by atoms with Crippen LogP contribution in [-0.2, 0) is 26.2 Å². The summed E-state index contributed by atoms with van der Waals surface area (Å²) in [6, 6.07) is 32.2. The third-order valence-electron chi connectivity index (χ3n) is 8.33. The van der Waals surface area contributed by atoms with Crippen molar-refractivity contribution < 1.29 is 8.97 Å². The first kappa shape index (κ1) is 21.8. The Morgan fingerprint density at radius 2 is 0.861 bits per heavy atom. The Morgan fingerprint density at radius 3 is 1.28 bits per heavy atom. The standard InChI is InChI=1S/C34H34N2/c1-35(2)19-27-17-25-9-5-7-11-29(25)33(31(27)21-35)23-13-15-24(16-14-23)34-30-12-8-6-10-26(30)18-28-20-36(3,4)22-32(28)34/h5-18H,19-22H2,1-4H3/q+2. The first-order valence-corrected chi connectivity index (χ1v) is 13.1. The Hall–Kier alpha value is -3.46. The van der Waals surface area contributed by atoms with Crippen molar-refractivity contribution in [2.75, 3.05) is 28.2 Å². The Kier molecular flexibility index (Phi) is 4.55. The Balaban J connectivity index is 1.42. The van der Waals surface area contributed by atoms with Gasteiger partial charge in [-0.1, -0.05) is 72.8 Å². The van der Waals surface area contributed by atoms with Crippen molar-refractivity contribution in [2.24, 2.45) is 0 Å². The van der Waals surface area contributed by atoms with Gasteiger partial charge in [-0.05, 0) is 55.9 Å². The van der Waals surface area contributed by atoms with Gasteiger partial charge in [0.1, 0.15) is 26.2 Å². The molecule has 7 rings (SSSR count). The van der Waals surface area contributed by atoms with Gasteiger partial charge < -0.3 is 8.97 Å². The summed E-state index contributed by atoms with van der Waals surface area (Å²) in [4.78, 5) is 0. The smallest absolute Gasteiger partial charge is 0.105 e. The normalized spacial score (nSPS) is 17.4. The van der Waals surface area contributed by atoms with Crippen LogP contribution in [0, 0.1) is 0 Å². The van der Waals surface area contributed by atoms with Crippen molar-refractivity contribution in [1.82, 2.24) is 0 Å². The second-order valence-corrected chi connectivity index (χ2v) is 12.3. The first-order chi connectivity index (χ1) is 17.3. The maximum absolute atomic E-state index is 2.43. The third-order valence-corrected chi connectivity index (χ3v) is 8.33.